The summed E-state index contributed by atoms with van der Waals surface area (Å²) in [5.74, 6) is 1.75. The zero-order valence-electron chi connectivity index (χ0n) is 13.4. The minimum absolute atomic E-state index is 0.227. The quantitative estimate of drug-likeness (QED) is 0.924. The summed E-state index contributed by atoms with van der Waals surface area (Å²) >= 11 is 0. The molecule has 0 spiro atoms. The van der Waals surface area contributed by atoms with Gasteiger partial charge >= 0.3 is 0 Å². The Morgan fingerprint density at radius 1 is 1.29 bits per heavy atom. The molecule has 3 rings (SSSR count). The number of carbonyl (C=O) groups excluding carboxylic acids is 1. The van der Waals surface area contributed by atoms with Gasteiger partial charge in [0, 0.05) is 25.2 Å². The minimum Gasteiger partial charge on any atom is -0.315 e. The van der Waals surface area contributed by atoms with Crippen LogP contribution in [0.4, 0.5) is 5.69 Å². The molecule has 0 saturated heterocycles. The molecule has 0 aromatic heterocycles. The molecule has 1 fully saturated rings. The molecule has 1 N–H and O–H groups in total. The van der Waals surface area contributed by atoms with Crippen molar-refractivity contribution in [1.29, 1.82) is 0 Å². The number of fused-ring (bicyclic) bond motifs is 1. The summed E-state index contributed by atoms with van der Waals surface area (Å²) in [6, 6.07) is 7.10. The van der Waals surface area contributed by atoms with Crippen molar-refractivity contribution in [2.45, 2.75) is 45.1 Å². The molecule has 1 amide bonds. The molecule has 1 aliphatic heterocycles. The maximum absolute atomic E-state index is 11.8. The number of nitrogens with one attached hydrogen (secondary N) is 1. The number of carbonyl (C=O) groups is 1. The third-order valence-electron chi connectivity index (χ3n) is 5.47. The van der Waals surface area contributed by atoms with Gasteiger partial charge in [0.1, 0.15) is 0 Å². The van der Waals surface area contributed by atoms with E-state index in [-0.39, 0.29) is 5.91 Å². The highest BCUT2D eigenvalue weighted by Gasteiger charge is 2.31. The van der Waals surface area contributed by atoms with Crippen LogP contribution in [0.1, 0.15) is 49.8 Å². The number of aryl methyl sites for hydroxylation is 1. The van der Waals surface area contributed by atoms with Crippen molar-refractivity contribution in [2.75, 3.05) is 19.0 Å². The molecule has 0 bridgehead atoms. The summed E-state index contributed by atoms with van der Waals surface area (Å²) in [6.07, 6.45) is 5.54. The summed E-state index contributed by atoms with van der Waals surface area (Å²) in [5.41, 5.74) is 3.79. The van der Waals surface area contributed by atoms with E-state index in [1.165, 1.54) is 30.4 Å². The lowest BCUT2D eigenvalue weighted by molar-refractivity contribution is -0.118. The van der Waals surface area contributed by atoms with Gasteiger partial charge < -0.3 is 10.2 Å². The Balaban J connectivity index is 1.90. The lowest BCUT2D eigenvalue weighted by atomic mass is 9.84. The van der Waals surface area contributed by atoms with Gasteiger partial charge in [0.25, 0.3) is 0 Å². The number of hydrogen-bond donors (Lipinski definition) is 1. The van der Waals surface area contributed by atoms with Gasteiger partial charge in [0.2, 0.25) is 5.91 Å². The van der Waals surface area contributed by atoms with Crippen molar-refractivity contribution in [3.05, 3.63) is 29.3 Å². The van der Waals surface area contributed by atoms with Crippen LogP contribution in [-0.4, -0.2) is 20.0 Å². The predicted molar refractivity (Wildman–Crippen MR) is 86.5 cm³/mol. The van der Waals surface area contributed by atoms with Gasteiger partial charge in [-0.05, 0) is 48.9 Å². The Labute approximate surface area is 127 Å². The van der Waals surface area contributed by atoms with Gasteiger partial charge in [-0.15, -0.1) is 0 Å². The van der Waals surface area contributed by atoms with Crippen LogP contribution in [0.3, 0.4) is 0 Å². The second-order valence-electron chi connectivity index (χ2n) is 6.68. The molecule has 3 nitrogen and oxygen atoms in total. The maximum Gasteiger partial charge on any atom is 0.227 e. The molecule has 3 unspecified atom stereocenters. The van der Waals surface area contributed by atoms with Gasteiger partial charge in [0.05, 0.1) is 0 Å². The Bertz CT molecular complexity index is 540. The topological polar surface area (TPSA) is 32.3 Å². The van der Waals surface area contributed by atoms with Gasteiger partial charge in [-0.25, -0.2) is 0 Å². The van der Waals surface area contributed by atoms with Gasteiger partial charge in [-0.2, -0.15) is 0 Å². The van der Waals surface area contributed by atoms with Crippen LogP contribution in [0.15, 0.2) is 18.2 Å². The molecule has 114 valence electrons. The minimum atomic E-state index is 0.227. The van der Waals surface area contributed by atoms with Gasteiger partial charge in [-0.1, -0.05) is 31.9 Å². The summed E-state index contributed by atoms with van der Waals surface area (Å²) in [7, 11) is 3.96. The molecule has 1 aromatic rings. The highest BCUT2D eigenvalue weighted by molar-refractivity contribution is 5.95. The lowest BCUT2D eigenvalue weighted by Gasteiger charge is -2.30. The number of hydrogen-bond acceptors (Lipinski definition) is 2. The van der Waals surface area contributed by atoms with Crippen molar-refractivity contribution < 1.29 is 4.79 Å². The molecule has 3 heteroatoms. The van der Waals surface area contributed by atoms with Crippen LogP contribution in [0, 0.1) is 11.8 Å². The Morgan fingerprint density at radius 3 is 2.76 bits per heavy atom. The molecule has 21 heavy (non-hydrogen) atoms. The standard InChI is InChI=1S/C18H26N2O/c1-12-5-4-6-15(12)18(19-2)14-7-9-16-13(11-14)8-10-17(21)20(16)3/h7,9,11-12,15,18-19H,4-6,8,10H2,1-3H3. The highest BCUT2D eigenvalue weighted by Crippen LogP contribution is 2.41. The Hall–Kier alpha value is -1.35. The van der Waals surface area contributed by atoms with Crippen LogP contribution >= 0.6 is 0 Å². The van der Waals surface area contributed by atoms with Crippen molar-refractivity contribution in [2.24, 2.45) is 11.8 Å². The largest absolute Gasteiger partial charge is 0.315 e. The van der Waals surface area contributed by atoms with Gasteiger partial charge in [0.15, 0.2) is 0 Å². The summed E-state index contributed by atoms with van der Waals surface area (Å²) < 4.78 is 0. The van der Waals surface area contributed by atoms with Crippen LogP contribution in [0.5, 0.6) is 0 Å². The molecule has 0 radical (unpaired) electrons. The molecular weight excluding hydrogens is 260 g/mol. The Morgan fingerprint density at radius 2 is 2.10 bits per heavy atom. The molecule has 1 saturated carbocycles. The normalized spacial score (nSPS) is 26.8. The van der Waals surface area contributed by atoms with E-state index in [0.717, 1.165) is 23.9 Å². The van der Waals surface area contributed by atoms with E-state index in [1.54, 1.807) is 4.90 Å². The van der Waals surface area contributed by atoms with E-state index < -0.39 is 0 Å². The summed E-state index contributed by atoms with van der Waals surface area (Å²) in [6.45, 7) is 2.38. The number of anilines is 1. The number of amides is 1. The van der Waals surface area contributed by atoms with Crippen molar-refractivity contribution in [3.8, 4) is 0 Å². The zero-order valence-corrected chi connectivity index (χ0v) is 13.4. The van der Waals surface area contributed by atoms with E-state index in [1.807, 2.05) is 7.05 Å². The maximum atomic E-state index is 11.8. The fourth-order valence-electron chi connectivity index (χ4n) is 4.17. The average molecular weight is 286 g/mol. The third kappa shape index (κ3) is 2.59. The first-order chi connectivity index (χ1) is 10.1. The summed E-state index contributed by atoms with van der Waals surface area (Å²) in [4.78, 5) is 13.6. The average Bonchev–Trinajstić information content (AvgIpc) is 2.90. The predicted octanol–water partition coefficient (Wildman–Crippen LogP) is 3.29. The van der Waals surface area contributed by atoms with Crippen molar-refractivity contribution in [1.82, 2.24) is 5.32 Å². The summed E-state index contributed by atoms with van der Waals surface area (Å²) in [5, 5.41) is 3.54. The van der Waals surface area contributed by atoms with Crippen LogP contribution in [0.2, 0.25) is 0 Å². The number of benzene rings is 1. The van der Waals surface area contributed by atoms with Crippen LogP contribution in [0.25, 0.3) is 0 Å². The lowest BCUT2D eigenvalue weighted by Crippen LogP contribution is -2.32. The first kappa shape index (κ1) is 14.6. The number of nitrogens with zero attached hydrogens (tertiary/aromatic N) is 1. The molecule has 1 aliphatic carbocycles. The first-order valence-corrected chi connectivity index (χ1v) is 8.18. The van der Waals surface area contributed by atoms with E-state index in [9.17, 15) is 4.79 Å². The van der Waals surface area contributed by atoms with Crippen LogP contribution < -0.4 is 10.2 Å². The number of rotatable bonds is 3. The fraction of sp³-hybridized carbons (Fsp3) is 0.611. The molecule has 3 atom stereocenters. The molecular formula is C18H26N2O. The van der Waals surface area contributed by atoms with Crippen molar-refractivity contribution in [3.63, 3.8) is 0 Å². The first-order valence-electron chi connectivity index (χ1n) is 8.18. The second kappa shape index (κ2) is 5.80. The monoisotopic (exact) mass is 286 g/mol. The molecule has 1 heterocycles. The molecule has 2 aliphatic rings. The SMILES string of the molecule is CNC(c1ccc2c(c1)CCC(=O)N2C)C1CCCC1C. The van der Waals surface area contributed by atoms with E-state index in [0.29, 0.717) is 12.5 Å². The highest BCUT2D eigenvalue weighted by atomic mass is 16.2. The fourth-order valence-corrected chi connectivity index (χ4v) is 4.17. The smallest absolute Gasteiger partial charge is 0.227 e. The third-order valence-corrected chi connectivity index (χ3v) is 5.47. The van der Waals surface area contributed by atoms with Crippen molar-refractivity contribution >= 4 is 11.6 Å². The van der Waals surface area contributed by atoms with Gasteiger partial charge in [-0.3, -0.25) is 4.79 Å². The zero-order chi connectivity index (χ0) is 15.0. The molecule has 1 aromatic carbocycles. The van der Waals surface area contributed by atoms with E-state index in [2.05, 4.69) is 37.5 Å². The van der Waals surface area contributed by atoms with E-state index in [4.69, 9.17) is 0 Å². The van der Waals surface area contributed by atoms with Crippen LogP contribution in [-0.2, 0) is 11.2 Å². The second-order valence-corrected chi connectivity index (χ2v) is 6.68. The van der Waals surface area contributed by atoms with E-state index >= 15 is 0 Å². The Kier molecular flexibility index (Phi) is 4.03.